The lowest BCUT2D eigenvalue weighted by Gasteiger charge is -2.16. The summed E-state index contributed by atoms with van der Waals surface area (Å²) in [6, 6.07) is 3.57. The molecule has 0 saturated heterocycles. The number of rotatable bonds is 6. The second kappa shape index (κ2) is 6.47. The summed E-state index contributed by atoms with van der Waals surface area (Å²) in [5.74, 6) is 0.103. The van der Waals surface area contributed by atoms with E-state index in [9.17, 15) is 4.79 Å². The Kier molecular flexibility index (Phi) is 4.68. The van der Waals surface area contributed by atoms with E-state index in [1.165, 1.54) is 4.68 Å². The number of halogens is 1. The molecule has 0 atom stereocenters. The van der Waals surface area contributed by atoms with E-state index < -0.39 is 5.76 Å². The smallest absolute Gasteiger partial charge is 0.437 e. The lowest BCUT2D eigenvalue weighted by molar-refractivity contribution is 0.407. The molecule has 7 heteroatoms. The third kappa shape index (κ3) is 2.96. The molecule has 2 rings (SSSR count). The van der Waals surface area contributed by atoms with Crippen molar-refractivity contribution in [2.45, 2.75) is 19.9 Å². The number of benzene rings is 1. The van der Waals surface area contributed by atoms with E-state index in [2.05, 4.69) is 21.8 Å². The summed E-state index contributed by atoms with van der Waals surface area (Å²) in [6.07, 6.45) is 2.08. The molecule has 0 aliphatic carbocycles. The van der Waals surface area contributed by atoms with Crippen LogP contribution in [-0.2, 0) is 6.54 Å². The molecular weight excluding hydrogens is 282 g/mol. The van der Waals surface area contributed by atoms with Gasteiger partial charge < -0.3 is 14.5 Å². The van der Waals surface area contributed by atoms with Gasteiger partial charge in [-0.15, -0.1) is 5.10 Å². The maximum atomic E-state index is 11.4. The van der Waals surface area contributed by atoms with Crippen LogP contribution in [0.3, 0.4) is 0 Å². The first kappa shape index (κ1) is 14.5. The molecule has 1 heterocycles. The second-order valence-corrected chi connectivity index (χ2v) is 4.61. The fourth-order valence-corrected chi connectivity index (χ4v) is 2.09. The van der Waals surface area contributed by atoms with Gasteiger partial charge in [0.05, 0.1) is 24.4 Å². The summed E-state index contributed by atoms with van der Waals surface area (Å²) < 4.78 is 11.3. The average molecular weight is 298 g/mol. The Balaban J connectivity index is 2.38. The molecule has 0 fully saturated rings. The fourth-order valence-electron chi connectivity index (χ4n) is 1.87. The lowest BCUT2D eigenvalue weighted by Crippen LogP contribution is -2.17. The lowest BCUT2D eigenvalue weighted by atomic mass is 10.1. The maximum absolute atomic E-state index is 11.4. The maximum Gasteiger partial charge on any atom is 0.437 e. The summed E-state index contributed by atoms with van der Waals surface area (Å²) in [5.41, 5.74) is 1.52. The molecule has 1 N–H and O–H groups in total. The SMILES string of the molecule is CCCNc1c(Cl)ccc(Cn2ncoc2=O)c1OC. The molecule has 108 valence electrons. The summed E-state index contributed by atoms with van der Waals surface area (Å²) in [7, 11) is 1.57. The predicted molar refractivity (Wildman–Crippen MR) is 76.6 cm³/mol. The minimum Gasteiger partial charge on any atom is -0.494 e. The van der Waals surface area contributed by atoms with Gasteiger partial charge in [-0.3, -0.25) is 0 Å². The van der Waals surface area contributed by atoms with Crippen LogP contribution in [0.5, 0.6) is 5.75 Å². The number of hydrogen-bond donors (Lipinski definition) is 1. The van der Waals surface area contributed by atoms with Crippen LogP contribution in [0, 0.1) is 0 Å². The zero-order chi connectivity index (χ0) is 14.5. The number of methoxy groups -OCH3 is 1. The van der Waals surface area contributed by atoms with E-state index in [0.29, 0.717) is 10.8 Å². The minimum atomic E-state index is -0.509. The van der Waals surface area contributed by atoms with Crippen molar-refractivity contribution in [2.24, 2.45) is 0 Å². The van der Waals surface area contributed by atoms with E-state index in [1.54, 1.807) is 19.2 Å². The molecule has 0 aliphatic rings. The standard InChI is InChI=1S/C13H16ClN3O3/c1-3-6-15-11-10(14)5-4-9(12(11)19-2)7-17-13(18)20-8-16-17/h4-5,8,15H,3,6-7H2,1-2H3. The Labute approximate surface area is 121 Å². The van der Waals surface area contributed by atoms with Gasteiger partial charge in [-0.05, 0) is 12.5 Å². The molecule has 0 unspecified atom stereocenters. The first-order chi connectivity index (χ1) is 9.67. The number of nitrogens with one attached hydrogen (secondary N) is 1. The molecule has 0 spiro atoms. The van der Waals surface area contributed by atoms with Gasteiger partial charge in [-0.2, -0.15) is 4.68 Å². The Morgan fingerprint density at radius 3 is 2.90 bits per heavy atom. The van der Waals surface area contributed by atoms with Gasteiger partial charge in [0.25, 0.3) is 0 Å². The third-order valence-electron chi connectivity index (χ3n) is 2.82. The molecule has 0 saturated carbocycles. The summed E-state index contributed by atoms with van der Waals surface area (Å²) in [4.78, 5) is 11.4. The third-order valence-corrected chi connectivity index (χ3v) is 3.13. The van der Waals surface area contributed by atoms with Gasteiger partial charge in [0, 0.05) is 12.1 Å². The molecule has 0 bridgehead atoms. The van der Waals surface area contributed by atoms with Crippen molar-refractivity contribution in [3.05, 3.63) is 39.7 Å². The summed E-state index contributed by atoms with van der Waals surface area (Å²) >= 11 is 6.18. The van der Waals surface area contributed by atoms with Gasteiger partial charge in [-0.25, -0.2) is 4.79 Å². The van der Waals surface area contributed by atoms with Gasteiger partial charge in [0.15, 0.2) is 0 Å². The highest BCUT2D eigenvalue weighted by Gasteiger charge is 2.14. The van der Waals surface area contributed by atoms with Crippen molar-refractivity contribution in [3.63, 3.8) is 0 Å². The van der Waals surface area contributed by atoms with Crippen molar-refractivity contribution >= 4 is 17.3 Å². The van der Waals surface area contributed by atoms with E-state index in [4.69, 9.17) is 16.3 Å². The number of nitrogens with zero attached hydrogens (tertiary/aromatic N) is 2. The molecule has 2 aromatic rings. The largest absolute Gasteiger partial charge is 0.494 e. The molecule has 20 heavy (non-hydrogen) atoms. The van der Waals surface area contributed by atoms with Crippen LogP contribution in [0.15, 0.2) is 27.7 Å². The van der Waals surface area contributed by atoms with E-state index in [1.807, 2.05) is 0 Å². The molecule has 1 aromatic heterocycles. The fraction of sp³-hybridized carbons (Fsp3) is 0.385. The van der Waals surface area contributed by atoms with Gasteiger partial charge in [-0.1, -0.05) is 24.6 Å². The Hall–Kier alpha value is -1.95. The van der Waals surface area contributed by atoms with Crippen molar-refractivity contribution in [3.8, 4) is 5.75 Å². The van der Waals surface area contributed by atoms with Gasteiger partial charge in [0.2, 0.25) is 6.39 Å². The van der Waals surface area contributed by atoms with Crippen molar-refractivity contribution in [2.75, 3.05) is 19.0 Å². The molecule has 0 amide bonds. The van der Waals surface area contributed by atoms with Crippen molar-refractivity contribution < 1.29 is 9.15 Å². The molecule has 0 radical (unpaired) electrons. The van der Waals surface area contributed by atoms with Crippen molar-refractivity contribution in [1.82, 2.24) is 9.78 Å². The Bertz CT molecular complexity index is 636. The highest BCUT2D eigenvalue weighted by Crippen LogP contribution is 2.35. The van der Waals surface area contributed by atoms with Crippen LogP contribution in [0.1, 0.15) is 18.9 Å². The number of ether oxygens (including phenoxy) is 1. The van der Waals surface area contributed by atoms with Crippen LogP contribution < -0.4 is 15.8 Å². The topological polar surface area (TPSA) is 69.3 Å². The van der Waals surface area contributed by atoms with Crippen LogP contribution in [0.2, 0.25) is 5.02 Å². The average Bonchev–Trinajstić information content (AvgIpc) is 2.84. The van der Waals surface area contributed by atoms with Crippen LogP contribution in [0.4, 0.5) is 5.69 Å². The van der Waals surface area contributed by atoms with Crippen LogP contribution in [-0.4, -0.2) is 23.4 Å². The molecule has 0 aliphatic heterocycles. The summed E-state index contributed by atoms with van der Waals surface area (Å²) in [6.45, 7) is 3.10. The normalized spacial score (nSPS) is 10.6. The zero-order valence-corrected chi connectivity index (χ0v) is 12.1. The van der Waals surface area contributed by atoms with Gasteiger partial charge >= 0.3 is 5.76 Å². The predicted octanol–water partition coefficient (Wildman–Crippen LogP) is 2.37. The molecule has 1 aromatic carbocycles. The number of anilines is 1. The number of aromatic nitrogens is 2. The quantitative estimate of drug-likeness (QED) is 0.886. The molecule has 6 nitrogen and oxygen atoms in total. The van der Waals surface area contributed by atoms with E-state index >= 15 is 0 Å². The summed E-state index contributed by atoms with van der Waals surface area (Å²) in [5, 5.41) is 7.63. The van der Waals surface area contributed by atoms with Crippen LogP contribution in [0.25, 0.3) is 0 Å². The van der Waals surface area contributed by atoms with Gasteiger partial charge in [0.1, 0.15) is 5.75 Å². The van der Waals surface area contributed by atoms with Crippen LogP contribution >= 0.6 is 11.6 Å². The second-order valence-electron chi connectivity index (χ2n) is 4.20. The molecular formula is C13H16ClN3O3. The first-order valence-electron chi connectivity index (χ1n) is 6.27. The highest BCUT2D eigenvalue weighted by molar-refractivity contribution is 6.33. The zero-order valence-electron chi connectivity index (χ0n) is 11.4. The van der Waals surface area contributed by atoms with E-state index in [-0.39, 0.29) is 6.54 Å². The first-order valence-corrected chi connectivity index (χ1v) is 6.65. The van der Waals surface area contributed by atoms with Crippen molar-refractivity contribution in [1.29, 1.82) is 0 Å². The van der Waals surface area contributed by atoms with E-state index in [0.717, 1.165) is 30.6 Å². The highest BCUT2D eigenvalue weighted by atomic mass is 35.5. The Morgan fingerprint density at radius 1 is 1.50 bits per heavy atom. The number of hydrogen-bond acceptors (Lipinski definition) is 5. The monoisotopic (exact) mass is 297 g/mol. The minimum absolute atomic E-state index is 0.260. The Morgan fingerprint density at radius 2 is 2.30 bits per heavy atom.